The molecule has 0 aliphatic rings. The topological polar surface area (TPSA) is 58.2 Å². The zero-order valence-electron chi connectivity index (χ0n) is 15.7. The molecule has 2 amide bonds. The van der Waals surface area contributed by atoms with E-state index in [9.17, 15) is 9.59 Å². The first-order valence-electron chi connectivity index (χ1n) is 9.21. The standard InChI is InChI=1S/C22H28N2O2/c1-4-17(18-11-7-5-8-12-18)15-23-22(26)20(16(2)3)24-21(25)19-13-9-6-10-14-19/h5-14,16-17,20H,4,15H2,1-3H3,(H,23,26)(H,24,25). The number of rotatable bonds is 8. The molecule has 2 aromatic carbocycles. The lowest BCUT2D eigenvalue weighted by atomic mass is 9.96. The Morgan fingerprint density at radius 1 is 0.923 bits per heavy atom. The molecule has 0 saturated carbocycles. The summed E-state index contributed by atoms with van der Waals surface area (Å²) in [5, 5.41) is 5.88. The Morgan fingerprint density at radius 3 is 2.04 bits per heavy atom. The lowest BCUT2D eigenvalue weighted by Crippen LogP contribution is -2.50. The zero-order chi connectivity index (χ0) is 18.9. The maximum Gasteiger partial charge on any atom is 0.251 e. The van der Waals surface area contributed by atoms with Crippen LogP contribution in [0, 0.1) is 5.92 Å². The highest BCUT2D eigenvalue weighted by atomic mass is 16.2. The van der Waals surface area contributed by atoms with Crippen LogP contribution in [0.2, 0.25) is 0 Å². The molecule has 0 aliphatic carbocycles. The van der Waals surface area contributed by atoms with Gasteiger partial charge in [-0.2, -0.15) is 0 Å². The molecule has 0 radical (unpaired) electrons. The van der Waals surface area contributed by atoms with Crippen molar-refractivity contribution in [1.82, 2.24) is 10.6 Å². The monoisotopic (exact) mass is 352 g/mol. The zero-order valence-corrected chi connectivity index (χ0v) is 15.7. The van der Waals surface area contributed by atoms with Gasteiger partial charge in [0.05, 0.1) is 0 Å². The molecule has 2 atom stereocenters. The molecule has 2 N–H and O–H groups in total. The van der Waals surface area contributed by atoms with Crippen molar-refractivity contribution in [2.24, 2.45) is 5.92 Å². The quantitative estimate of drug-likeness (QED) is 0.760. The molecule has 4 heteroatoms. The molecule has 2 unspecified atom stereocenters. The van der Waals surface area contributed by atoms with Crippen molar-refractivity contribution < 1.29 is 9.59 Å². The maximum atomic E-state index is 12.7. The van der Waals surface area contributed by atoms with Gasteiger partial charge in [-0.3, -0.25) is 9.59 Å². The Kier molecular flexibility index (Phi) is 7.39. The summed E-state index contributed by atoms with van der Waals surface area (Å²) in [7, 11) is 0. The fourth-order valence-corrected chi connectivity index (χ4v) is 2.91. The Bertz CT molecular complexity index is 699. The summed E-state index contributed by atoms with van der Waals surface area (Å²) in [4.78, 5) is 25.1. The summed E-state index contributed by atoms with van der Waals surface area (Å²) in [6.45, 7) is 6.54. The van der Waals surface area contributed by atoms with Crippen molar-refractivity contribution in [1.29, 1.82) is 0 Å². The number of carbonyl (C=O) groups is 2. The highest BCUT2D eigenvalue weighted by Crippen LogP contribution is 2.18. The van der Waals surface area contributed by atoms with Crippen molar-refractivity contribution in [3.8, 4) is 0 Å². The molecular weight excluding hydrogens is 324 g/mol. The molecule has 0 spiro atoms. The number of amides is 2. The third-order valence-corrected chi connectivity index (χ3v) is 4.56. The highest BCUT2D eigenvalue weighted by molar-refractivity contribution is 5.97. The lowest BCUT2D eigenvalue weighted by Gasteiger charge is -2.23. The van der Waals surface area contributed by atoms with Crippen LogP contribution in [-0.2, 0) is 4.79 Å². The van der Waals surface area contributed by atoms with Crippen LogP contribution in [0.3, 0.4) is 0 Å². The first-order chi connectivity index (χ1) is 12.5. The first-order valence-corrected chi connectivity index (χ1v) is 9.21. The molecule has 0 saturated heterocycles. The van der Waals surface area contributed by atoms with Crippen molar-refractivity contribution >= 4 is 11.8 Å². The third kappa shape index (κ3) is 5.45. The second-order valence-electron chi connectivity index (χ2n) is 6.82. The highest BCUT2D eigenvalue weighted by Gasteiger charge is 2.25. The average molecular weight is 352 g/mol. The molecule has 0 aromatic heterocycles. The van der Waals surface area contributed by atoms with E-state index in [1.165, 1.54) is 5.56 Å². The lowest BCUT2D eigenvalue weighted by molar-refractivity contribution is -0.124. The summed E-state index contributed by atoms with van der Waals surface area (Å²) in [6.07, 6.45) is 0.938. The number of nitrogens with one attached hydrogen (secondary N) is 2. The van der Waals surface area contributed by atoms with Gasteiger partial charge in [-0.15, -0.1) is 0 Å². The molecule has 0 heterocycles. The van der Waals surface area contributed by atoms with Crippen LogP contribution in [0.15, 0.2) is 60.7 Å². The first kappa shape index (κ1) is 19.7. The number of hydrogen-bond donors (Lipinski definition) is 2. The van der Waals surface area contributed by atoms with Gasteiger partial charge >= 0.3 is 0 Å². The molecule has 0 bridgehead atoms. The number of hydrogen-bond acceptors (Lipinski definition) is 2. The summed E-state index contributed by atoms with van der Waals surface area (Å²) in [5.41, 5.74) is 1.77. The van der Waals surface area contributed by atoms with E-state index >= 15 is 0 Å². The molecule has 138 valence electrons. The van der Waals surface area contributed by atoms with Gasteiger partial charge in [0.1, 0.15) is 6.04 Å². The molecule has 0 aliphatic heterocycles. The van der Waals surface area contributed by atoms with Gasteiger partial charge in [0, 0.05) is 18.0 Å². The van der Waals surface area contributed by atoms with E-state index in [1.54, 1.807) is 12.1 Å². The predicted octanol–water partition coefficient (Wildman–Crippen LogP) is 3.75. The summed E-state index contributed by atoms with van der Waals surface area (Å²) < 4.78 is 0. The normalized spacial score (nSPS) is 13.1. The van der Waals surface area contributed by atoms with Crippen molar-refractivity contribution in [2.75, 3.05) is 6.54 Å². The van der Waals surface area contributed by atoms with E-state index in [4.69, 9.17) is 0 Å². The molecule has 2 rings (SSSR count). The molecule has 0 fully saturated rings. The van der Waals surface area contributed by atoms with Gasteiger partial charge in [-0.1, -0.05) is 69.3 Å². The minimum atomic E-state index is -0.559. The van der Waals surface area contributed by atoms with E-state index in [0.29, 0.717) is 12.1 Å². The van der Waals surface area contributed by atoms with Crippen LogP contribution in [0.1, 0.15) is 49.0 Å². The van der Waals surface area contributed by atoms with Gasteiger partial charge < -0.3 is 10.6 Å². The minimum Gasteiger partial charge on any atom is -0.354 e. The van der Waals surface area contributed by atoms with Crippen LogP contribution >= 0.6 is 0 Å². The second kappa shape index (κ2) is 9.76. The number of benzene rings is 2. The average Bonchev–Trinajstić information content (AvgIpc) is 2.67. The van der Waals surface area contributed by atoms with E-state index in [2.05, 4.69) is 29.7 Å². The van der Waals surface area contributed by atoms with Crippen molar-refractivity contribution in [2.45, 2.75) is 39.2 Å². The Balaban J connectivity index is 1.98. The smallest absolute Gasteiger partial charge is 0.251 e. The van der Waals surface area contributed by atoms with E-state index < -0.39 is 6.04 Å². The van der Waals surface area contributed by atoms with Crippen LogP contribution in [-0.4, -0.2) is 24.4 Å². The van der Waals surface area contributed by atoms with Crippen molar-refractivity contribution in [3.63, 3.8) is 0 Å². The third-order valence-electron chi connectivity index (χ3n) is 4.56. The summed E-state index contributed by atoms with van der Waals surface area (Å²) >= 11 is 0. The second-order valence-corrected chi connectivity index (χ2v) is 6.82. The molecule has 26 heavy (non-hydrogen) atoms. The summed E-state index contributed by atoms with van der Waals surface area (Å²) in [6, 6.07) is 18.6. The van der Waals surface area contributed by atoms with E-state index in [0.717, 1.165) is 6.42 Å². The van der Waals surface area contributed by atoms with E-state index in [1.807, 2.05) is 50.2 Å². The SMILES string of the molecule is CCC(CNC(=O)C(NC(=O)c1ccccc1)C(C)C)c1ccccc1. The summed E-state index contributed by atoms with van der Waals surface area (Å²) in [5.74, 6) is -0.106. The Labute approximate surface area is 156 Å². The van der Waals surface area contributed by atoms with Crippen LogP contribution in [0.5, 0.6) is 0 Å². The van der Waals surface area contributed by atoms with Crippen LogP contribution in [0.4, 0.5) is 0 Å². The van der Waals surface area contributed by atoms with Crippen molar-refractivity contribution in [3.05, 3.63) is 71.8 Å². The Hall–Kier alpha value is -2.62. The van der Waals surface area contributed by atoms with Gasteiger partial charge in [0.2, 0.25) is 5.91 Å². The molecule has 2 aromatic rings. The molecular formula is C22H28N2O2. The van der Waals surface area contributed by atoms with Gasteiger partial charge in [0.15, 0.2) is 0 Å². The number of carbonyl (C=O) groups excluding carboxylic acids is 2. The van der Waals surface area contributed by atoms with Gasteiger partial charge in [-0.05, 0) is 30.0 Å². The fraction of sp³-hybridized carbons (Fsp3) is 0.364. The fourth-order valence-electron chi connectivity index (χ4n) is 2.91. The van der Waals surface area contributed by atoms with E-state index in [-0.39, 0.29) is 23.7 Å². The molecule has 4 nitrogen and oxygen atoms in total. The predicted molar refractivity (Wildman–Crippen MR) is 105 cm³/mol. The van der Waals surface area contributed by atoms with Gasteiger partial charge in [-0.25, -0.2) is 0 Å². The van der Waals surface area contributed by atoms with Crippen LogP contribution in [0.25, 0.3) is 0 Å². The maximum absolute atomic E-state index is 12.7. The largest absolute Gasteiger partial charge is 0.354 e. The minimum absolute atomic E-state index is 0.000496. The van der Waals surface area contributed by atoms with Gasteiger partial charge in [0.25, 0.3) is 5.91 Å². The van der Waals surface area contributed by atoms with Crippen LogP contribution < -0.4 is 10.6 Å². The Morgan fingerprint density at radius 2 is 1.50 bits per heavy atom.